The number of carbonyl (C=O) groups is 1. The SMILES string of the molecule is COc1ccc(C(=O)OC(C)C)cc1NS(=O)(=O)c1ccc(F)cc1. The van der Waals surface area contributed by atoms with Gasteiger partial charge in [-0.05, 0) is 56.3 Å². The van der Waals surface area contributed by atoms with E-state index in [-0.39, 0.29) is 28.0 Å². The van der Waals surface area contributed by atoms with Crippen molar-refractivity contribution in [2.24, 2.45) is 0 Å². The van der Waals surface area contributed by atoms with Crippen molar-refractivity contribution in [3.05, 3.63) is 53.8 Å². The molecule has 1 N–H and O–H groups in total. The van der Waals surface area contributed by atoms with Gasteiger partial charge in [0.15, 0.2) is 0 Å². The van der Waals surface area contributed by atoms with Gasteiger partial charge < -0.3 is 9.47 Å². The molecule has 0 radical (unpaired) electrons. The lowest BCUT2D eigenvalue weighted by molar-refractivity contribution is 0.0378. The summed E-state index contributed by atoms with van der Waals surface area (Å²) in [7, 11) is -2.60. The largest absolute Gasteiger partial charge is 0.495 e. The Morgan fingerprint density at radius 3 is 2.32 bits per heavy atom. The lowest BCUT2D eigenvalue weighted by Crippen LogP contribution is -2.15. The lowest BCUT2D eigenvalue weighted by Gasteiger charge is -2.14. The number of nitrogens with one attached hydrogen (secondary N) is 1. The van der Waals surface area contributed by atoms with Crippen molar-refractivity contribution in [2.45, 2.75) is 24.8 Å². The van der Waals surface area contributed by atoms with E-state index in [1.165, 1.54) is 25.3 Å². The molecule has 0 bridgehead atoms. The third-order valence-electron chi connectivity index (χ3n) is 3.15. The topological polar surface area (TPSA) is 81.7 Å². The smallest absolute Gasteiger partial charge is 0.338 e. The highest BCUT2D eigenvalue weighted by atomic mass is 32.2. The van der Waals surface area contributed by atoms with Crippen LogP contribution in [0, 0.1) is 5.82 Å². The number of sulfonamides is 1. The minimum Gasteiger partial charge on any atom is -0.495 e. The van der Waals surface area contributed by atoms with Gasteiger partial charge in [-0.15, -0.1) is 0 Å². The molecule has 0 atom stereocenters. The van der Waals surface area contributed by atoms with E-state index in [0.29, 0.717) is 0 Å². The monoisotopic (exact) mass is 367 g/mol. The third kappa shape index (κ3) is 4.69. The van der Waals surface area contributed by atoms with Crippen LogP contribution in [0.5, 0.6) is 5.75 Å². The third-order valence-corrected chi connectivity index (χ3v) is 4.53. The van der Waals surface area contributed by atoms with E-state index in [1.807, 2.05) is 0 Å². The summed E-state index contributed by atoms with van der Waals surface area (Å²) in [5.41, 5.74) is 0.247. The molecule has 0 amide bonds. The summed E-state index contributed by atoms with van der Waals surface area (Å²) in [6.07, 6.45) is -0.311. The van der Waals surface area contributed by atoms with Gasteiger partial charge >= 0.3 is 5.97 Å². The van der Waals surface area contributed by atoms with Crippen molar-refractivity contribution in [1.82, 2.24) is 0 Å². The molecule has 0 saturated carbocycles. The Hall–Kier alpha value is -2.61. The second kappa shape index (κ2) is 7.52. The van der Waals surface area contributed by atoms with E-state index in [0.717, 1.165) is 24.3 Å². The number of hydrogen-bond donors (Lipinski definition) is 1. The van der Waals surface area contributed by atoms with Crippen molar-refractivity contribution in [1.29, 1.82) is 0 Å². The predicted octanol–water partition coefficient (Wildman–Crippen LogP) is 3.20. The van der Waals surface area contributed by atoms with Gasteiger partial charge in [-0.25, -0.2) is 17.6 Å². The Morgan fingerprint density at radius 1 is 1.12 bits per heavy atom. The van der Waals surface area contributed by atoms with Crippen LogP contribution in [0.4, 0.5) is 10.1 Å². The molecule has 2 aromatic rings. The van der Waals surface area contributed by atoms with E-state index in [2.05, 4.69) is 4.72 Å². The van der Waals surface area contributed by atoms with Gasteiger partial charge in [0.25, 0.3) is 10.0 Å². The minimum absolute atomic E-state index is 0.0741. The van der Waals surface area contributed by atoms with Crippen molar-refractivity contribution in [3.63, 3.8) is 0 Å². The number of rotatable bonds is 6. The summed E-state index contributed by atoms with van der Waals surface area (Å²) in [6.45, 7) is 3.42. The molecule has 0 unspecified atom stereocenters. The fourth-order valence-corrected chi connectivity index (χ4v) is 3.08. The molecule has 0 heterocycles. The quantitative estimate of drug-likeness (QED) is 0.793. The highest BCUT2D eigenvalue weighted by molar-refractivity contribution is 7.92. The van der Waals surface area contributed by atoms with E-state index < -0.39 is 21.8 Å². The Kier molecular flexibility index (Phi) is 5.63. The fraction of sp³-hybridized carbons (Fsp3) is 0.235. The molecule has 2 aromatic carbocycles. The number of halogens is 1. The summed E-state index contributed by atoms with van der Waals surface area (Å²) < 4.78 is 50.4. The van der Waals surface area contributed by atoms with Gasteiger partial charge in [0, 0.05) is 0 Å². The zero-order valence-corrected chi connectivity index (χ0v) is 14.8. The van der Waals surface area contributed by atoms with Crippen LogP contribution in [0.2, 0.25) is 0 Å². The summed E-state index contributed by atoms with van der Waals surface area (Å²) in [6, 6.07) is 8.62. The van der Waals surface area contributed by atoms with Gasteiger partial charge in [-0.3, -0.25) is 4.72 Å². The average Bonchev–Trinajstić information content (AvgIpc) is 2.54. The van der Waals surface area contributed by atoms with Crippen LogP contribution in [-0.2, 0) is 14.8 Å². The summed E-state index contributed by atoms with van der Waals surface area (Å²) >= 11 is 0. The normalized spacial score (nSPS) is 11.2. The van der Waals surface area contributed by atoms with E-state index >= 15 is 0 Å². The summed E-state index contributed by atoms with van der Waals surface area (Å²) in [5.74, 6) is -0.901. The zero-order chi connectivity index (χ0) is 18.6. The minimum atomic E-state index is -3.98. The molecule has 0 fully saturated rings. The standard InChI is InChI=1S/C17H18FNO5S/c1-11(2)24-17(20)12-4-9-16(23-3)15(10-12)19-25(21,22)14-7-5-13(18)6-8-14/h4-11,19H,1-3H3. The van der Waals surface area contributed by atoms with Crippen molar-refractivity contribution in [2.75, 3.05) is 11.8 Å². The second-order valence-electron chi connectivity index (χ2n) is 5.43. The molecule has 134 valence electrons. The first-order valence-corrected chi connectivity index (χ1v) is 8.88. The molecule has 8 heteroatoms. The molecular formula is C17H18FNO5S. The first-order chi connectivity index (χ1) is 11.7. The van der Waals surface area contributed by atoms with Crippen LogP contribution in [0.1, 0.15) is 24.2 Å². The number of benzene rings is 2. The lowest BCUT2D eigenvalue weighted by atomic mass is 10.2. The molecule has 6 nitrogen and oxygen atoms in total. The number of carbonyl (C=O) groups excluding carboxylic acids is 1. The average molecular weight is 367 g/mol. The number of anilines is 1. The number of esters is 1. The highest BCUT2D eigenvalue weighted by Gasteiger charge is 2.19. The highest BCUT2D eigenvalue weighted by Crippen LogP contribution is 2.28. The molecule has 25 heavy (non-hydrogen) atoms. The molecular weight excluding hydrogens is 349 g/mol. The van der Waals surface area contributed by atoms with Gasteiger partial charge in [0.05, 0.1) is 29.4 Å². The van der Waals surface area contributed by atoms with Crippen LogP contribution in [0.15, 0.2) is 47.4 Å². The first-order valence-electron chi connectivity index (χ1n) is 7.40. The molecule has 0 aliphatic heterocycles. The van der Waals surface area contributed by atoms with Gasteiger partial charge in [0.2, 0.25) is 0 Å². The Balaban J connectivity index is 2.36. The summed E-state index contributed by atoms with van der Waals surface area (Å²) in [5, 5.41) is 0. The van der Waals surface area contributed by atoms with Crippen LogP contribution in [0.25, 0.3) is 0 Å². The molecule has 0 aliphatic rings. The number of methoxy groups -OCH3 is 1. The van der Waals surface area contributed by atoms with E-state index in [4.69, 9.17) is 9.47 Å². The van der Waals surface area contributed by atoms with Crippen molar-refractivity contribution >= 4 is 21.7 Å². The van der Waals surface area contributed by atoms with Gasteiger partial charge in [-0.1, -0.05) is 0 Å². The van der Waals surface area contributed by atoms with E-state index in [9.17, 15) is 17.6 Å². The van der Waals surface area contributed by atoms with Crippen LogP contribution in [-0.4, -0.2) is 27.6 Å². The van der Waals surface area contributed by atoms with Crippen molar-refractivity contribution < 1.29 is 27.1 Å². The first kappa shape index (κ1) is 18.7. The second-order valence-corrected chi connectivity index (χ2v) is 7.11. The van der Waals surface area contributed by atoms with Gasteiger partial charge in [0.1, 0.15) is 11.6 Å². The van der Waals surface area contributed by atoms with Crippen LogP contribution >= 0.6 is 0 Å². The maximum atomic E-state index is 13.0. The molecule has 2 rings (SSSR count). The molecule has 0 spiro atoms. The molecule has 0 aliphatic carbocycles. The van der Waals surface area contributed by atoms with Gasteiger partial charge in [-0.2, -0.15) is 0 Å². The number of hydrogen-bond acceptors (Lipinski definition) is 5. The maximum absolute atomic E-state index is 13.0. The van der Waals surface area contributed by atoms with E-state index in [1.54, 1.807) is 13.8 Å². The van der Waals surface area contributed by atoms with Crippen LogP contribution < -0.4 is 9.46 Å². The maximum Gasteiger partial charge on any atom is 0.338 e. The predicted molar refractivity (Wildman–Crippen MR) is 90.8 cm³/mol. The molecule has 0 aromatic heterocycles. The van der Waals surface area contributed by atoms with Crippen molar-refractivity contribution in [3.8, 4) is 5.75 Å². The summed E-state index contributed by atoms with van der Waals surface area (Å²) in [4.78, 5) is 11.9. The Labute approximate surface area is 145 Å². The Bertz CT molecular complexity index is 863. The molecule has 0 saturated heterocycles. The Morgan fingerprint density at radius 2 is 1.76 bits per heavy atom. The number of ether oxygens (including phenoxy) is 2. The van der Waals surface area contributed by atoms with Crippen LogP contribution in [0.3, 0.4) is 0 Å². The fourth-order valence-electron chi connectivity index (χ4n) is 2.01. The zero-order valence-electron chi connectivity index (χ0n) is 13.9.